The molecule has 0 saturated carbocycles. The van der Waals surface area contributed by atoms with Crippen LogP contribution in [-0.2, 0) is 6.18 Å². The van der Waals surface area contributed by atoms with Gasteiger partial charge >= 0.3 is 6.18 Å². The summed E-state index contributed by atoms with van der Waals surface area (Å²) in [7, 11) is 0. The Morgan fingerprint density at radius 1 is 1.29 bits per heavy atom. The van der Waals surface area contributed by atoms with Crippen molar-refractivity contribution < 1.29 is 13.2 Å². The second kappa shape index (κ2) is 4.66. The lowest BCUT2D eigenvalue weighted by Gasteiger charge is -2.38. The summed E-state index contributed by atoms with van der Waals surface area (Å²) in [6, 6.07) is 5.36. The number of likely N-dealkylation sites (tertiary alicyclic amines) is 1. The van der Waals surface area contributed by atoms with Gasteiger partial charge in [0.15, 0.2) is 0 Å². The van der Waals surface area contributed by atoms with E-state index in [-0.39, 0.29) is 6.04 Å². The highest BCUT2D eigenvalue weighted by molar-refractivity contribution is 5.28. The van der Waals surface area contributed by atoms with Crippen LogP contribution >= 0.6 is 0 Å². The van der Waals surface area contributed by atoms with Crippen molar-refractivity contribution in [3.05, 3.63) is 35.4 Å². The Balaban J connectivity index is 2.25. The van der Waals surface area contributed by atoms with Gasteiger partial charge in [0, 0.05) is 25.7 Å². The molecule has 2 rings (SSSR count). The van der Waals surface area contributed by atoms with Crippen LogP contribution in [0.25, 0.3) is 0 Å². The first-order chi connectivity index (χ1) is 8.02. The van der Waals surface area contributed by atoms with Crippen LogP contribution in [0.3, 0.4) is 0 Å². The lowest BCUT2D eigenvalue weighted by atomic mass is 9.99. The minimum absolute atomic E-state index is 0.0916. The minimum Gasteiger partial charge on any atom is -0.329 e. The van der Waals surface area contributed by atoms with E-state index < -0.39 is 11.7 Å². The molecule has 1 fully saturated rings. The number of benzene rings is 1. The van der Waals surface area contributed by atoms with E-state index in [0.717, 1.165) is 25.6 Å². The van der Waals surface area contributed by atoms with Gasteiger partial charge in [0.1, 0.15) is 0 Å². The van der Waals surface area contributed by atoms with Crippen molar-refractivity contribution in [2.45, 2.75) is 18.6 Å². The van der Waals surface area contributed by atoms with Crippen LogP contribution in [0.2, 0.25) is 0 Å². The Labute approximate surface area is 98.2 Å². The zero-order valence-corrected chi connectivity index (χ0v) is 9.37. The van der Waals surface area contributed by atoms with Crippen molar-refractivity contribution >= 4 is 0 Å². The third kappa shape index (κ3) is 2.61. The summed E-state index contributed by atoms with van der Waals surface area (Å²) < 4.78 is 37.8. The number of halogens is 3. The van der Waals surface area contributed by atoms with Gasteiger partial charge in [-0.2, -0.15) is 13.2 Å². The first-order valence-electron chi connectivity index (χ1n) is 5.63. The molecule has 0 spiro atoms. The maximum Gasteiger partial charge on any atom is 0.416 e. The highest BCUT2D eigenvalue weighted by Crippen LogP contribution is 2.32. The Morgan fingerprint density at radius 3 is 2.47 bits per heavy atom. The molecule has 5 heteroatoms. The molecule has 0 aromatic heterocycles. The number of nitrogens with zero attached hydrogens (tertiary/aromatic N) is 1. The molecule has 0 radical (unpaired) electrons. The van der Waals surface area contributed by atoms with Gasteiger partial charge in [-0.3, -0.25) is 4.90 Å². The molecule has 0 aliphatic carbocycles. The Hall–Kier alpha value is -1.07. The first kappa shape index (κ1) is 12.4. The standard InChI is InChI=1S/C12H15F3N2/c13-12(14,15)10-4-1-3-9(7-10)11(8-16)17-5-2-6-17/h1,3-4,7,11H,2,5-6,8,16H2. The molecule has 94 valence electrons. The summed E-state index contributed by atoms with van der Waals surface area (Å²) in [6.45, 7) is 2.18. The van der Waals surface area contributed by atoms with E-state index in [2.05, 4.69) is 4.90 Å². The SMILES string of the molecule is NCC(c1cccc(C(F)(F)F)c1)N1CCC1. The molecule has 2 nitrogen and oxygen atoms in total. The van der Waals surface area contributed by atoms with E-state index in [4.69, 9.17) is 5.73 Å². The summed E-state index contributed by atoms with van der Waals surface area (Å²) in [4.78, 5) is 2.11. The van der Waals surface area contributed by atoms with Crippen LogP contribution in [0.1, 0.15) is 23.6 Å². The maximum atomic E-state index is 12.6. The molecule has 2 N–H and O–H groups in total. The average Bonchev–Trinajstić information content (AvgIpc) is 2.22. The van der Waals surface area contributed by atoms with Crippen molar-refractivity contribution in [2.75, 3.05) is 19.6 Å². The van der Waals surface area contributed by atoms with Crippen LogP contribution in [0.15, 0.2) is 24.3 Å². The molecular weight excluding hydrogens is 229 g/mol. The van der Waals surface area contributed by atoms with Gasteiger partial charge in [0.25, 0.3) is 0 Å². The van der Waals surface area contributed by atoms with Crippen molar-refractivity contribution in [2.24, 2.45) is 5.73 Å². The van der Waals surface area contributed by atoms with E-state index >= 15 is 0 Å². The van der Waals surface area contributed by atoms with Crippen LogP contribution in [-0.4, -0.2) is 24.5 Å². The topological polar surface area (TPSA) is 29.3 Å². The lowest BCUT2D eigenvalue weighted by Crippen LogP contribution is -2.43. The molecular formula is C12H15F3N2. The fraction of sp³-hybridized carbons (Fsp3) is 0.500. The monoisotopic (exact) mass is 244 g/mol. The van der Waals surface area contributed by atoms with Crippen LogP contribution in [0.4, 0.5) is 13.2 Å². The molecule has 1 heterocycles. The highest BCUT2D eigenvalue weighted by Gasteiger charge is 2.32. The third-order valence-corrected chi connectivity index (χ3v) is 3.15. The van der Waals surface area contributed by atoms with Crippen molar-refractivity contribution in [1.29, 1.82) is 0 Å². The van der Waals surface area contributed by atoms with Crippen LogP contribution in [0, 0.1) is 0 Å². The highest BCUT2D eigenvalue weighted by atomic mass is 19.4. The second-order valence-corrected chi connectivity index (χ2v) is 4.26. The molecule has 0 amide bonds. The normalized spacial score (nSPS) is 18.8. The predicted molar refractivity (Wildman–Crippen MR) is 59.4 cm³/mol. The second-order valence-electron chi connectivity index (χ2n) is 4.26. The van der Waals surface area contributed by atoms with Gasteiger partial charge in [-0.1, -0.05) is 12.1 Å². The summed E-state index contributed by atoms with van der Waals surface area (Å²) in [5.74, 6) is 0. The summed E-state index contributed by atoms with van der Waals surface area (Å²) >= 11 is 0. The minimum atomic E-state index is -4.29. The van der Waals surface area contributed by atoms with Crippen molar-refractivity contribution in [3.8, 4) is 0 Å². The predicted octanol–water partition coefficient (Wildman–Crippen LogP) is 2.41. The Kier molecular flexibility index (Phi) is 3.40. The fourth-order valence-electron chi connectivity index (χ4n) is 2.07. The molecule has 1 aromatic carbocycles. The average molecular weight is 244 g/mol. The number of nitrogens with two attached hydrogens (primary N) is 1. The van der Waals surface area contributed by atoms with Gasteiger partial charge in [-0.15, -0.1) is 0 Å². The van der Waals surface area contributed by atoms with Gasteiger partial charge in [-0.25, -0.2) is 0 Å². The van der Waals surface area contributed by atoms with Gasteiger partial charge in [0.2, 0.25) is 0 Å². The molecule has 1 atom stereocenters. The van der Waals surface area contributed by atoms with E-state index in [0.29, 0.717) is 12.1 Å². The number of hydrogen-bond acceptors (Lipinski definition) is 2. The van der Waals surface area contributed by atoms with E-state index in [1.807, 2.05) is 0 Å². The van der Waals surface area contributed by atoms with Gasteiger partial charge in [-0.05, 0) is 24.1 Å². The lowest BCUT2D eigenvalue weighted by molar-refractivity contribution is -0.137. The third-order valence-electron chi connectivity index (χ3n) is 3.15. The zero-order valence-electron chi connectivity index (χ0n) is 9.37. The van der Waals surface area contributed by atoms with E-state index in [1.54, 1.807) is 6.07 Å². The quantitative estimate of drug-likeness (QED) is 0.884. The number of alkyl halides is 3. The van der Waals surface area contributed by atoms with E-state index in [9.17, 15) is 13.2 Å². The fourth-order valence-corrected chi connectivity index (χ4v) is 2.07. The molecule has 1 aliphatic heterocycles. The zero-order chi connectivity index (χ0) is 12.5. The van der Waals surface area contributed by atoms with Gasteiger partial charge < -0.3 is 5.73 Å². The summed E-state index contributed by atoms with van der Waals surface area (Å²) in [5.41, 5.74) is 5.70. The summed E-state index contributed by atoms with van der Waals surface area (Å²) in [5, 5.41) is 0. The molecule has 1 unspecified atom stereocenters. The van der Waals surface area contributed by atoms with Crippen molar-refractivity contribution in [3.63, 3.8) is 0 Å². The van der Waals surface area contributed by atoms with Gasteiger partial charge in [0.05, 0.1) is 5.56 Å². The van der Waals surface area contributed by atoms with Crippen LogP contribution in [0.5, 0.6) is 0 Å². The van der Waals surface area contributed by atoms with Crippen LogP contribution < -0.4 is 5.73 Å². The van der Waals surface area contributed by atoms with E-state index in [1.165, 1.54) is 12.1 Å². The Bertz CT molecular complexity index is 386. The number of hydrogen-bond donors (Lipinski definition) is 1. The molecule has 17 heavy (non-hydrogen) atoms. The molecule has 1 saturated heterocycles. The maximum absolute atomic E-state index is 12.6. The first-order valence-corrected chi connectivity index (χ1v) is 5.63. The molecule has 1 aromatic rings. The largest absolute Gasteiger partial charge is 0.416 e. The van der Waals surface area contributed by atoms with Crippen molar-refractivity contribution in [1.82, 2.24) is 4.90 Å². The molecule has 1 aliphatic rings. The Morgan fingerprint density at radius 2 is 2.00 bits per heavy atom. The number of rotatable bonds is 3. The molecule has 0 bridgehead atoms. The smallest absolute Gasteiger partial charge is 0.329 e. The summed E-state index contributed by atoms with van der Waals surface area (Å²) in [6.07, 6.45) is -3.19.